The third kappa shape index (κ3) is 4.99. The fourth-order valence-corrected chi connectivity index (χ4v) is 4.02. The zero-order valence-corrected chi connectivity index (χ0v) is 14.1. The van der Waals surface area contributed by atoms with Gasteiger partial charge in [-0.25, -0.2) is 0 Å². The van der Waals surface area contributed by atoms with Crippen molar-refractivity contribution >= 4 is 22.9 Å². The normalized spacial score (nSPS) is 22.0. The second kappa shape index (κ2) is 7.79. The van der Waals surface area contributed by atoms with E-state index in [9.17, 15) is 4.79 Å². The lowest BCUT2D eigenvalue weighted by Gasteiger charge is -2.27. The van der Waals surface area contributed by atoms with Crippen LogP contribution < -0.4 is 5.32 Å². The minimum atomic E-state index is 0.00962. The van der Waals surface area contributed by atoms with Crippen molar-refractivity contribution in [3.63, 3.8) is 0 Å². The van der Waals surface area contributed by atoms with Gasteiger partial charge in [-0.1, -0.05) is 31.9 Å². The summed E-state index contributed by atoms with van der Waals surface area (Å²) < 4.78 is 0. The van der Waals surface area contributed by atoms with Gasteiger partial charge in [0, 0.05) is 12.3 Å². The van der Waals surface area contributed by atoms with Crippen LogP contribution in [0.1, 0.15) is 57.9 Å². The molecular weight excluding hydrogens is 278 g/mol. The lowest BCUT2D eigenvalue weighted by molar-refractivity contribution is -0.114. The van der Waals surface area contributed by atoms with Crippen molar-refractivity contribution in [2.45, 2.75) is 58.8 Å². The third-order valence-electron chi connectivity index (χ3n) is 4.59. The van der Waals surface area contributed by atoms with E-state index < -0.39 is 0 Å². The van der Waals surface area contributed by atoms with Crippen LogP contribution in [0.25, 0.3) is 0 Å². The van der Waals surface area contributed by atoms with E-state index in [1.807, 2.05) is 5.38 Å². The number of aryl methyl sites for hydroxylation is 1. The summed E-state index contributed by atoms with van der Waals surface area (Å²) >= 11 is 1.66. The van der Waals surface area contributed by atoms with Crippen LogP contribution in [0, 0.1) is 11.8 Å². The molecule has 0 bridgehead atoms. The Morgan fingerprint density at radius 2 is 2.05 bits per heavy atom. The molecule has 1 heterocycles. The van der Waals surface area contributed by atoms with Gasteiger partial charge in [-0.2, -0.15) is 0 Å². The van der Waals surface area contributed by atoms with E-state index in [1.54, 1.807) is 18.3 Å². The molecule has 0 radical (unpaired) electrons. The molecule has 0 spiro atoms. The molecule has 0 atom stereocenters. The Hall–Kier alpha value is -1.09. The summed E-state index contributed by atoms with van der Waals surface area (Å²) in [5, 5.41) is 7.08. The summed E-state index contributed by atoms with van der Waals surface area (Å²) in [4.78, 5) is 11.2. The van der Waals surface area contributed by atoms with E-state index in [4.69, 9.17) is 0 Å². The molecule has 1 aromatic heterocycles. The molecule has 2 nitrogen and oxygen atoms in total. The maximum atomic E-state index is 11.2. The molecule has 1 fully saturated rings. The molecule has 1 aliphatic rings. The van der Waals surface area contributed by atoms with Crippen LogP contribution in [0.4, 0.5) is 5.69 Å². The predicted molar refractivity (Wildman–Crippen MR) is 91.8 cm³/mol. The van der Waals surface area contributed by atoms with Crippen LogP contribution in [0.5, 0.6) is 0 Å². The average Bonchev–Trinajstić information content (AvgIpc) is 2.86. The molecule has 0 unspecified atom stereocenters. The number of allylic oxidation sites excluding steroid dienone is 1. The quantitative estimate of drug-likeness (QED) is 0.699. The van der Waals surface area contributed by atoms with Crippen LogP contribution in [0.2, 0.25) is 0 Å². The highest BCUT2D eigenvalue weighted by Crippen LogP contribution is 2.34. The summed E-state index contributed by atoms with van der Waals surface area (Å²) in [5.74, 6) is 1.66. The molecule has 1 saturated carbocycles. The minimum Gasteiger partial charge on any atom is -0.325 e. The van der Waals surface area contributed by atoms with Crippen molar-refractivity contribution in [3.05, 3.63) is 28.5 Å². The van der Waals surface area contributed by atoms with E-state index in [0.29, 0.717) is 0 Å². The molecule has 1 amide bonds. The highest BCUT2D eigenvalue weighted by Gasteiger charge is 2.20. The summed E-state index contributed by atoms with van der Waals surface area (Å²) in [7, 11) is 0. The first-order valence-corrected chi connectivity index (χ1v) is 9.01. The van der Waals surface area contributed by atoms with Gasteiger partial charge in [-0.3, -0.25) is 4.79 Å². The Bertz CT molecular complexity index is 483. The molecule has 1 aliphatic carbocycles. The summed E-state index contributed by atoms with van der Waals surface area (Å²) in [6.07, 6.45) is 8.66. The Morgan fingerprint density at radius 3 is 2.71 bits per heavy atom. The lowest BCUT2D eigenvalue weighted by Crippen LogP contribution is -2.14. The number of hydrogen-bond donors (Lipinski definition) is 1. The number of anilines is 1. The number of rotatable bonds is 6. The van der Waals surface area contributed by atoms with Crippen LogP contribution in [0.15, 0.2) is 22.9 Å². The van der Waals surface area contributed by atoms with Crippen LogP contribution in [0.3, 0.4) is 0 Å². The Kier molecular flexibility index (Phi) is 6.04. The van der Waals surface area contributed by atoms with Crippen LogP contribution >= 0.6 is 11.3 Å². The van der Waals surface area contributed by atoms with Gasteiger partial charge in [0.15, 0.2) is 0 Å². The SMILES string of the molecule is C=C(CCCc1cscc1NC(C)=O)C1CCC(C)CC1. The van der Waals surface area contributed by atoms with Crippen molar-refractivity contribution in [3.8, 4) is 0 Å². The number of amides is 1. The lowest BCUT2D eigenvalue weighted by atomic mass is 9.78. The molecule has 1 N–H and O–H groups in total. The molecule has 0 aliphatic heterocycles. The summed E-state index contributed by atoms with van der Waals surface area (Å²) in [5.41, 5.74) is 3.70. The number of carbonyl (C=O) groups excluding carboxylic acids is 1. The van der Waals surface area contributed by atoms with Gasteiger partial charge in [0.1, 0.15) is 0 Å². The van der Waals surface area contributed by atoms with Gasteiger partial charge in [0.05, 0.1) is 5.69 Å². The highest BCUT2D eigenvalue weighted by atomic mass is 32.1. The van der Waals surface area contributed by atoms with Gasteiger partial charge in [-0.15, -0.1) is 11.3 Å². The average molecular weight is 305 g/mol. The topological polar surface area (TPSA) is 29.1 Å². The first-order valence-electron chi connectivity index (χ1n) is 8.06. The third-order valence-corrected chi connectivity index (χ3v) is 5.38. The van der Waals surface area contributed by atoms with Gasteiger partial charge < -0.3 is 5.32 Å². The zero-order valence-electron chi connectivity index (χ0n) is 13.3. The van der Waals surface area contributed by atoms with Crippen LogP contribution in [-0.4, -0.2) is 5.91 Å². The molecule has 116 valence electrons. The second-order valence-electron chi connectivity index (χ2n) is 6.46. The smallest absolute Gasteiger partial charge is 0.221 e. The molecule has 2 rings (SSSR count). The summed E-state index contributed by atoms with van der Waals surface area (Å²) in [6.45, 7) is 8.25. The predicted octanol–water partition coefficient (Wildman–Crippen LogP) is 5.41. The van der Waals surface area contributed by atoms with E-state index in [-0.39, 0.29) is 5.91 Å². The van der Waals surface area contributed by atoms with E-state index in [2.05, 4.69) is 24.2 Å². The van der Waals surface area contributed by atoms with Crippen molar-refractivity contribution in [2.24, 2.45) is 11.8 Å². The Morgan fingerprint density at radius 1 is 1.33 bits per heavy atom. The van der Waals surface area contributed by atoms with E-state index in [1.165, 1.54) is 36.8 Å². The van der Waals surface area contributed by atoms with Gasteiger partial charge in [-0.05, 0) is 54.9 Å². The largest absolute Gasteiger partial charge is 0.325 e. The Labute approximate surface area is 132 Å². The fourth-order valence-electron chi connectivity index (χ4n) is 3.19. The number of hydrogen-bond acceptors (Lipinski definition) is 2. The number of nitrogens with one attached hydrogen (secondary N) is 1. The molecule has 1 aromatic rings. The van der Waals surface area contributed by atoms with Crippen molar-refractivity contribution in [1.82, 2.24) is 0 Å². The molecule has 21 heavy (non-hydrogen) atoms. The van der Waals surface area contributed by atoms with Crippen molar-refractivity contribution in [1.29, 1.82) is 0 Å². The zero-order chi connectivity index (χ0) is 15.2. The monoisotopic (exact) mass is 305 g/mol. The molecule has 0 saturated heterocycles. The standard InChI is InChI=1S/C18H27NOS/c1-13-7-9-16(10-8-13)14(2)5-4-6-17-11-21-12-18(17)19-15(3)20/h11-13,16H,2,4-10H2,1,3H3,(H,19,20). The van der Waals surface area contributed by atoms with Crippen LogP contribution in [-0.2, 0) is 11.2 Å². The van der Waals surface area contributed by atoms with Gasteiger partial charge >= 0.3 is 0 Å². The second-order valence-corrected chi connectivity index (χ2v) is 7.20. The highest BCUT2D eigenvalue weighted by molar-refractivity contribution is 7.08. The first-order chi connectivity index (χ1) is 10.1. The molecule has 3 heteroatoms. The van der Waals surface area contributed by atoms with Crippen molar-refractivity contribution < 1.29 is 4.79 Å². The fraction of sp³-hybridized carbons (Fsp3) is 0.611. The molecular formula is C18H27NOS. The minimum absolute atomic E-state index is 0.00962. The van der Waals surface area contributed by atoms with E-state index in [0.717, 1.165) is 36.8 Å². The Balaban J connectivity index is 1.75. The number of carbonyl (C=O) groups is 1. The summed E-state index contributed by atoms with van der Waals surface area (Å²) in [6, 6.07) is 0. The number of thiophene rings is 1. The van der Waals surface area contributed by atoms with Gasteiger partial charge in [0.25, 0.3) is 0 Å². The first kappa shape index (κ1) is 16.3. The maximum absolute atomic E-state index is 11.2. The molecule has 0 aromatic carbocycles. The van der Waals surface area contributed by atoms with E-state index >= 15 is 0 Å². The maximum Gasteiger partial charge on any atom is 0.221 e. The van der Waals surface area contributed by atoms with Gasteiger partial charge in [0.2, 0.25) is 5.91 Å². The van der Waals surface area contributed by atoms with Crippen molar-refractivity contribution in [2.75, 3.05) is 5.32 Å².